The van der Waals surface area contributed by atoms with Gasteiger partial charge in [0.2, 0.25) is 23.6 Å². The number of ketones is 3. The number of carbonyl (C=O) groups is 11. The van der Waals surface area contributed by atoms with Crippen LogP contribution in [0.5, 0.6) is 11.5 Å². The number of phenols is 2. The first-order valence-corrected chi connectivity index (χ1v) is 29.6. The van der Waals surface area contributed by atoms with Crippen molar-refractivity contribution in [2.45, 2.75) is 140 Å². The molecule has 482 valence electrons. The van der Waals surface area contributed by atoms with E-state index in [-0.39, 0.29) is 104 Å². The zero-order valence-electron chi connectivity index (χ0n) is 50.0. The number of hydrogen-bond donors (Lipinski definition) is 10. The Balaban J connectivity index is 0.785. The average Bonchev–Trinajstić information content (AvgIpc) is 0.878. The Hall–Kier alpha value is -8.71. The summed E-state index contributed by atoms with van der Waals surface area (Å²) >= 11 is 0. The van der Waals surface area contributed by atoms with Gasteiger partial charge in [0.05, 0.1) is 47.8 Å². The number of imide groups is 1. The van der Waals surface area contributed by atoms with Gasteiger partial charge in [0, 0.05) is 93.0 Å². The molecular formula is C61H73N9O20. The molecule has 3 saturated heterocycles. The van der Waals surface area contributed by atoms with Crippen molar-refractivity contribution in [2.24, 2.45) is 11.7 Å². The molecule has 3 aromatic rings. The van der Waals surface area contributed by atoms with Crippen LogP contribution >= 0.6 is 0 Å². The van der Waals surface area contributed by atoms with Crippen molar-refractivity contribution in [3.63, 3.8) is 0 Å². The van der Waals surface area contributed by atoms with Crippen molar-refractivity contribution in [1.29, 1.82) is 0 Å². The molecule has 4 heterocycles. The number of methoxy groups -OCH3 is 1. The first kappa shape index (κ1) is 65.7. The number of alkyl carbamates (subject to hydrolysis) is 1. The van der Waals surface area contributed by atoms with Crippen LogP contribution in [0.15, 0.2) is 54.6 Å². The number of phenolic OH excluding ortho intramolecular Hbond substituents is 2. The number of nitrogens with one attached hydrogen (secondary N) is 6. The third-order valence-electron chi connectivity index (χ3n) is 16.7. The summed E-state index contributed by atoms with van der Waals surface area (Å²) in [6.45, 7) is 4.91. The summed E-state index contributed by atoms with van der Waals surface area (Å²) in [5.41, 5.74) is 1.55. The third-order valence-corrected chi connectivity index (χ3v) is 16.7. The number of hydrogen-bond acceptors (Lipinski definition) is 21. The van der Waals surface area contributed by atoms with Crippen LogP contribution in [0.4, 0.5) is 21.0 Å². The van der Waals surface area contributed by atoms with Crippen LogP contribution in [-0.4, -0.2) is 185 Å². The van der Waals surface area contributed by atoms with Crippen LogP contribution in [0, 0.1) is 5.92 Å². The van der Waals surface area contributed by atoms with Gasteiger partial charge in [-0.2, -0.15) is 0 Å². The minimum absolute atomic E-state index is 0.0582. The quantitative estimate of drug-likeness (QED) is 0.0256. The summed E-state index contributed by atoms with van der Waals surface area (Å²) in [6.07, 6.45) is -1.41. The van der Waals surface area contributed by atoms with Crippen LogP contribution in [0.1, 0.15) is 127 Å². The minimum atomic E-state index is -2.13. The number of amides is 9. The highest BCUT2D eigenvalue weighted by molar-refractivity contribution is 6.32. The molecule has 0 spiro atoms. The van der Waals surface area contributed by atoms with E-state index >= 15 is 0 Å². The molecule has 4 aliphatic heterocycles. The number of Topliss-reactive ketones (excluding diaryl/α,β-unsaturated/α-hetero) is 1. The van der Waals surface area contributed by atoms with Gasteiger partial charge in [-0.1, -0.05) is 44.5 Å². The van der Waals surface area contributed by atoms with Crippen LogP contribution in [0.2, 0.25) is 0 Å². The number of aromatic hydroxyl groups is 2. The number of urea groups is 1. The zero-order chi connectivity index (χ0) is 64.7. The molecule has 0 saturated carbocycles. The molecule has 0 unspecified atom stereocenters. The first-order chi connectivity index (χ1) is 43.0. The van der Waals surface area contributed by atoms with E-state index in [2.05, 4.69) is 36.8 Å². The number of carbonyl (C=O) groups excluding carboxylic acids is 11. The number of morpholine rings is 1. The summed E-state index contributed by atoms with van der Waals surface area (Å²) < 4.78 is 35.2. The van der Waals surface area contributed by atoms with E-state index in [1.165, 1.54) is 61.7 Å². The molecule has 90 heavy (non-hydrogen) atoms. The fraction of sp³-hybridized carbons (Fsp3) is 0.492. The maximum Gasteiger partial charge on any atom is 0.407 e. The Morgan fingerprint density at radius 1 is 0.833 bits per heavy atom. The smallest absolute Gasteiger partial charge is 0.407 e. The molecular weight excluding hydrogens is 1180 g/mol. The molecule has 9 amide bonds. The lowest BCUT2D eigenvalue weighted by atomic mass is 9.72. The Labute approximate surface area is 516 Å². The van der Waals surface area contributed by atoms with Crippen molar-refractivity contribution in [3.05, 3.63) is 93.6 Å². The summed E-state index contributed by atoms with van der Waals surface area (Å²) in [5, 5.41) is 51.2. The Morgan fingerprint density at radius 2 is 1.57 bits per heavy atom. The molecule has 3 aromatic carbocycles. The molecule has 3 fully saturated rings. The molecule has 29 nitrogen and oxygen atoms in total. The van der Waals surface area contributed by atoms with E-state index in [0.717, 1.165) is 11.8 Å². The number of nitrogens with zero attached hydrogens (tertiary/aromatic N) is 2. The summed E-state index contributed by atoms with van der Waals surface area (Å²) in [5.74, 6) is -7.74. The Bertz CT molecular complexity index is 3360. The highest BCUT2D eigenvalue weighted by Crippen LogP contribution is 2.53. The number of benzene rings is 3. The molecule has 6 aliphatic rings. The summed E-state index contributed by atoms with van der Waals surface area (Å²) in [6, 6.07) is 6.90. The number of fused-ring (bicyclic) bond motifs is 6. The van der Waals surface area contributed by atoms with Gasteiger partial charge >= 0.3 is 12.1 Å². The highest BCUT2D eigenvalue weighted by Gasteiger charge is 2.53. The fourth-order valence-corrected chi connectivity index (χ4v) is 11.9. The van der Waals surface area contributed by atoms with Gasteiger partial charge < -0.3 is 81.4 Å². The van der Waals surface area contributed by atoms with Gasteiger partial charge in [-0.3, -0.25) is 53.0 Å². The lowest BCUT2D eigenvalue weighted by Crippen LogP contribution is -2.54. The second kappa shape index (κ2) is 28.4. The molecule has 9 atom stereocenters. The van der Waals surface area contributed by atoms with Gasteiger partial charge in [0.25, 0.3) is 11.8 Å². The fourth-order valence-electron chi connectivity index (χ4n) is 11.9. The minimum Gasteiger partial charge on any atom is -0.507 e. The van der Waals surface area contributed by atoms with Gasteiger partial charge in [-0.25, -0.2) is 9.59 Å². The SMILES string of the molecule is CO[C@H]1OCCN2[C@@H]1O[C@@H]1CO[C@@H](O[C@H]3C[C@](O)(C(C)=O)Cc4c(O)c5c(c(O)c43)C(=O)c3c(NC(=O)CNC(=O)OCc4ccc(NC(=O)[C@H](CCCNC(N)=O)NC(=O)[C@@H](NC(=O)CCCCCN6C(=O)C=CC6=O)C(C)C)cc4)cccc3C5=O)C[C@@H]12. The van der Waals surface area contributed by atoms with Gasteiger partial charge in [-0.15, -0.1) is 0 Å². The average molecular weight is 1250 g/mol. The van der Waals surface area contributed by atoms with Crippen LogP contribution < -0.4 is 37.6 Å². The van der Waals surface area contributed by atoms with Crippen molar-refractivity contribution < 1.29 is 96.5 Å². The summed E-state index contributed by atoms with van der Waals surface area (Å²) in [4.78, 5) is 147. The van der Waals surface area contributed by atoms with E-state index in [4.69, 9.17) is 34.2 Å². The number of primary amides is 1. The third kappa shape index (κ3) is 14.6. The van der Waals surface area contributed by atoms with E-state index < -0.39 is 144 Å². The van der Waals surface area contributed by atoms with Crippen molar-refractivity contribution in [2.75, 3.05) is 57.1 Å². The molecule has 11 N–H and O–H groups in total. The maximum atomic E-state index is 14.6. The Kier molecular flexibility index (Phi) is 20.7. The van der Waals surface area contributed by atoms with Crippen LogP contribution in [0.25, 0.3) is 0 Å². The number of ether oxygens (including phenoxy) is 6. The van der Waals surface area contributed by atoms with E-state index in [1.54, 1.807) is 13.8 Å². The predicted octanol–water partition coefficient (Wildman–Crippen LogP) is 1.70. The zero-order valence-corrected chi connectivity index (χ0v) is 50.0. The molecule has 2 aliphatic carbocycles. The van der Waals surface area contributed by atoms with E-state index in [0.29, 0.717) is 43.7 Å². The monoisotopic (exact) mass is 1250 g/mol. The lowest BCUT2D eigenvalue weighted by molar-refractivity contribution is -0.246. The molecule has 0 aromatic heterocycles. The number of rotatable bonds is 25. The lowest BCUT2D eigenvalue weighted by Gasteiger charge is -2.42. The second-order valence-corrected chi connectivity index (χ2v) is 23.1. The number of nitrogens with two attached hydrogens (primary N) is 1. The molecule has 0 bridgehead atoms. The van der Waals surface area contributed by atoms with E-state index in [9.17, 15) is 68.1 Å². The van der Waals surface area contributed by atoms with Crippen molar-refractivity contribution in [3.8, 4) is 11.5 Å². The maximum absolute atomic E-state index is 14.6. The van der Waals surface area contributed by atoms with Gasteiger partial charge in [0.15, 0.2) is 36.2 Å². The van der Waals surface area contributed by atoms with Crippen molar-refractivity contribution in [1.82, 2.24) is 31.1 Å². The first-order valence-electron chi connectivity index (χ1n) is 29.6. The predicted molar refractivity (Wildman–Crippen MR) is 313 cm³/mol. The highest BCUT2D eigenvalue weighted by atomic mass is 16.7. The second-order valence-electron chi connectivity index (χ2n) is 23.1. The summed E-state index contributed by atoms with van der Waals surface area (Å²) in [7, 11) is 1.51. The van der Waals surface area contributed by atoms with Gasteiger partial charge in [-0.05, 0) is 62.3 Å². The van der Waals surface area contributed by atoms with Crippen LogP contribution in [-0.2, 0) is 75.0 Å². The standard InChI is InChI=1S/C61H73N9O20/c1-30(2)50(68-41(72)13-6-5-7-21-70-43(74)18-19-44(70)75)56(81)67-37(12-9-20-63-59(62)82)55(80)65-33-16-14-32(15-17-33)28-88-60(83)64-27-42(73)66-36-11-8-10-34-46(36)53(78)49-48(51(34)76)52(77)35-25-61(84,31(3)71)26-39(47(35)54(49)79)89-45-24-38-40(29-87-45)90-57-58(85-4)86-23-22-69(38)57/h8,10-11,14-19,30,37-40,45,50,57-58,77,79,84H,5-7,9,12-13,20-29H2,1-4H3,(H,64,83)(H,65,80)(H,66,73)(H,67,81)(H,68,72)(H3,62,63,82)/t37-,38-,39-,40+,45-,50-,57+,58-,61-/m0/s1. The topological polar surface area (TPSA) is 409 Å². The largest absolute Gasteiger partial charge is 0.507 e. The number of anilines is 2. The molecule has 29 heteroatoms. The number of aliphatic hydroxyl groups is 1. The molecule has 9 rings (SSSR count). The van der Waals surface area contributed by atoms with Crippen molar-refractivity contribution >= 4 is 76.3 Å². The normalized spacial score (nSPS) is 23.1. The Morgan fingerprint density at radius 3 is 2.27 bits per heavy atom. The molecule has 0 radical (unpaired) electrons. The van der Waals surface area contributed by atoms with E-state index in [1.807, 2.05) is 0 Å². The van der Waals surface area contributed by atoms with Gasteiger partial charge in [0.1, 0.15) is 42.3 Å². The number of unbranched alkanes of at least 4 members (excludes halogenated alkanes) is 2. The van der Waals surface area contributed by atoms with Crippen LogP contribution in [0.3, 0.4) is 0 Å².